The summed E-state index contributed by atoms with van der Waals surface area (Å²) in [5.74, 6) is -1.98. The zero-order chi connectivity index (χ0) is 17.3. The van der Waals surface area contributed by atoms with Crippen LogP contribution in [0.4, 0.5) is 13.2 Å². The normalized spacial score (nSPS) is 18.7. The Morgan fingerprint density at radius 1 is 1.25 bits per heavy atom. The Balaban J connectivity index is 1.75. The molecule has 0 spiro atoms. The van der Waals surface area contributed by atoms with Crippen LogP contribution < -0.4 is 0 Å². The van der Waals surface area contributed by atoms with Crippen molar-refractivity contribution in [2.24, 2.45) is 5.92 Å². The molecule has 3 rings (SSSR count). The molecule has 8 heteroatoms. The van der Waals surface area contributed by atoms with Crippen molar-refractivity contribution in [3.05, 3.63) is 41.7 Å². The number of piperidine rings is 1. The van der Waals surface area contributed by atoms with Crippen LogP contribution in [0.1, 0.15) is 28.9 Å². The summed E-state index contributed by atoms with van der Waals surface area (Å²) in [4.78, 5) is 13.6. The van der Waals surface area contributed by atoms with E-state index >= 15 is 0 Å². The van der Waals surface area contributed by atoms with Gasteiger partial charge in [-0.1, -0.05) is 22.9 Å². The summed E-state index contributed by atoms with van der Waals surface area (Å²) < 4.78 is 40.0. The summed E-state index contributed by atoms with van der Waals surface area (Å²) in [6.07, 6.45) is -2.44. The number of alkyl halides is 3. The van der Waals surface area contributed by atoms with Gasteiger partial charge in [-0.15, -0.1) is 5.10 Å². The summed E-state index contributed by atoms with van der Waals surface area (Å²) in [6, 6.07) is 7.46. The van der Waals surface area contributed by atoms with E-state index in [0.29, 0.717) is 13.0 Å². The van der Waals surface area contributed by atoms with E-state index < -0.39 is 18.0 Å². The number of benzene rings is 1. The van der Waals surface area contributed by atoms with Crippen LogP contribution in [-0.2, 0) is 0 Å². The SMILES string of the molecule is Cc1ccc(-n2cc(C(=O)N3CCCC(C(F)(F)F)C3)nn2)cc1. The van der Waals surface area contributed by atoms with Gasteiger partial charge in [0.25, 0.3) is 5.91 Å². The molecule has 1 amide bonds. The molecule has 2 aromatic rings. The highest BCUT2D eigenvalue weighted by Crippen LogP contribution is 2.33. The van der Waals surface area contributed by atoms with E-state index in [4.69, 9.17) is 0 Å². The summed E-state index contributed by atoms with van der Waals surface area (Å²) in [5.41, 5.74) is 1.87. The molecule has 0 bridgehead atoms. The number of aryl methyl sites for hydroxylation is 1. The number of aromatic nitrogens is 3. The third kappa shape index (κ3) is 3.42. The number of carbonyl (C=O) groups is 1. The minimum Gasteiger partial charge on any atom is -0.337 e. The first-order valence-corrected chi connectivity index (χ1v) is 7.70. The van der Waals surface area contributed by atoms with Gasteiger partial charge in [-0.05, 0) is 31.9 Å². The van der Waals surface area contributed by atoms with Crippen molar-refractivity contribution in [2.75, 3.05) is 13.1 Å². The van der Waals surface area contributed by atoms with Crippen LogP contribution in [0.3, 0.4) is 0 Å². The molecule has 2 heterocycles. The Hall–Kier alpha value is -2.38. The molecule has 1 aromatic carbocycles. The second-order valence-corrected chi connectivity index (χ2v) is 6.02. The molecule has 0 aliphatic carbocycles. The smallest absolute Gasteiger partial charge is 0.337 e. The number of rotatable bonds is 2. The van der Waals surface area contributed by atoms with E-state index in [1.165, 1.54) is 15.8 Å². The molecule has 1 aliphatic heterocycles. The van der Waals surface area contributed by atoms with Crippen LogP contribution in [0.15, 0.2) is 30.5 Å². The topological polar surface area (TPSA) is 51.0 Å². The monoisotopic (exact) mass is 338 g/mol. The summed E-state index contributed by atoms with van der Waals surface area (Å²) in [6.45, 7) is 1.94. The number of hydrogen-bond acceptors (Lipinski definition) is 3. The van der Waals surface area contributed by atoms with E-state index in [2.05, 4.69) is 10.3 Å². The van der Waals surface area contributed by atoms with Gasteiger partial charge in [0.05, 0.1) is 17.8 Å². The molecule has 1 atom stereocenters. The molecule has 1 unspecified atom stereocenters. The summed E-state index contributed by atoms with van der Waals surface area (Å²) >= 11 is 0. The lowest BCUT2D eigenvalue weighted by Gasteiger charge is -2.33. The van der Waals surface area contributed by atoms with Gasteiger partial charge in [-0.2, -0.15) is 13.2 Å². The fourth-order valence-electron chi connectivity index (χ4n) is 2.78. The quantitative estimate of drug-likeness (QED) is 0.846. The van der Waals surface area contributed by atoms with E-state index in [9.17, 15) is 18.0 Å². The first-order chi connectivity index (χ1) is 11.3. The molecule has 1 aliphatic rings. The molecular weight excluding hydrogens is 321 g/mol. The van der Waals surface area contributed by atoms with Crippen molar-refractivity contribution in [2.45, 2.75) is 25.9 Å². The number of nitrogens with zero attached hydrogens (tertiary/aromatic N) is 4. The first kappa shape index (κ1) is 16.5. The van der Waals surface area contributed by atoms with Crippen LogP contribution in [0.5, 0.6) is 0 Å². The Morgan fingerprint density at radius 2 is 1.96 bits per heavy atom. The van der Waals surface area contributed by atoms with Crippen LogP contribution >= 0.6 is 0 Å². The predicted octanol–water partition coefficient (Wildman–Crippen LogP) is 2.99. The molecule has 0 saturated carbocycles. The van der Waals surface area contributed by atoms with Gasteiger partial charge >= 0.3 is 6.18 Å². The van der Waals surface area contributed by atoms with Gasteiger partial charge in [0.1, 0.15) is 0 Å². The molecule has 5 nitrogen and oxygen atoms in total. The van der Waals surface area contributed by atoms with Gasteiger partial charge < -0.3 is 4.90 Å². The van der Waals surface area contributed by atoms with E-state index in [-0.39, 0.29) is 18.7 Å². The second kappa shape index (κ2) is 6.26. The maximum absolute atomic E-state index is 12.9. The first-order valence-electron chi connectivity index (χ1n) is 7.70. The zero-order valence-electron chi connectivity index (χ0n) is 13.1. The van der Waals surface area contributed by atoms with Gasteiger partial charge in [-0.25, -0.2) is 4.68 Å². The molecule has 0 radical (unpaired) electrons. The summed E-state index contributed by atoms with van der Waals surface area (Å²) in [5, 5.41) is 7.71. The van der Waals surface area contributed by atoms with E-state index in [1.54, 1.807) is 0 Å². The summed E-state index contributed by atoms with van der Waals surface area (Å²) in [7, 11) is 0. The molecule has 1 fully saturated rings. The fourth-order valence-corrected chi connectivity index (χ4v) is 2.78. The fraction of sp³-hybridized carbons (Fsp3) is 0.438. The zero-order valence-corrected chi connectivity index (χ0v) is 13.1. The minimum atomic E-state index is -4.28. The number of halogens is 3. The Morgan fingerprint density at radius 3 is 2.62 bits per heavy atom. The van der Waals surface area contributed by atoms with Crippen LogP contribution in [0.2, 0.25) is 0 Å². The van der Waals surface area contributed by atoms with Crippen LogP contribution in [0.25, 0.3) is 5.69 Å². The standard InChI is InChI=1S/C16H17F3N4O/c1-11-4-6-13(7-5-11)23-10-14(20-21-23)15(24)22-8-2-3-12(9-22)16(17,18)19/h4-7,10,12H,2-3,8-9H2,1H3. The van der Waals surface area contributed by atoms with Gasteiger partial charge in [-0.3, -0.25) is 4.79 Å². The number of amides is 1. The lowest BCUT2D eigenvalue weighted by atomic mass is 9.97. The number of hydrogen-bond donors (Lipinski definition) is 0. The lowest BCUT2D eigenvalue weighted by Crippen LogP contribution is -2.44. The van der Waals surface area contributed by atoms with Crippen molar-refractivity contribution in [1.29, 1.82) is 0 Å². The van der Waals surface area contributed by atoms with Gasteiger partial charge in [0, 0.05) is 13.1 Å². The Kier molecular flexibility index (Phi) is 4.29. The highest BCUT2D eigenvalue weighted by Gasteiger charge is 2.43. The maximum atomic E-state index is 12.9. The third-order valence-electron chi connectivity index (χ3n) is 4.18. The van der Waals surface area contributed by atoms with Crippen molar-refractivity contribution >= 4 is 5.91 Å². The molecule has 1 saturated heterocycles. The molecular formula is C16H17F3N4O. The second-order valence-electron chi connectivity index (χ2n) is 6.02. The van der Waals surface area contributed by atoms with Crippen LogP contribution in [-0.4, -0.2) is 45.1 Å². The molecule has 1 aromatic heterocycles. The molecule has 0 N–H and O–H groups in total. The average Bonchev–Trinajstić information content (AvgIpc) is 3.04. The number of likely N-dealkylation sites (tertiary alicyclic amines) is 1. The molecule has 128 valence electrons. The van der Waals surface area contributed by atoms with Gasteiger partial charge in [0.15, 0.2) is 5.69 Å². The van der Waals surface area contributed by atoms with Gasteiger partial charge in [0.2, 0.25) is 0 Å². The maximum Gasteiger partial charge on any atom is 0.393 e. The predicted molar refractivity (Wildman–Crippen MR) is 80.8 cm³/mol. The average molecular weight is 338 g/mol. The highest BCUT2D eigenvalue weighted by molar-refractivity contribution is 5.92. The third-order valence-corrected chi connectivity index (χ3v) is 4.18. The number of carbonyl (C=O) groups excluding carboxylic acids is 1. The largest absolute Gasteiger partial charge is 0.393 e. The van der Waals surface area contributed by atoms with Crippen molar-refractivity contribution < 1.29 is 18.0 Å². The van der Waals surface area contributed by atoms with Crippen LogP contribution in [0, 0.1) is 12.8 Å². The lowest BCUT2D eigenvalue weighted by molar-refractivity contribution is -0.184. The van der Waals surface area contributed by atoms with E-state index in [0.717, 1.165) is 11.3 Å². The minimum absolute atomic E-state index is 0.0541. The Labute approximate surface area is 137 Å². The van der Waals surface area contributed by atoms with Crippen molar-refractivity contribution in [1.82, 2.24) is 19.9 Å². The van der Waals surface area contributed by atoms with Crippen molar-refractivity contribution in [3.8, 4) is 5.69 Å². The highest BCUT2D eigenvalue weighted by atomic mass is 19.4. The van der Waals surface area contributed by atoms with Crippen molar-refractivity contribution in [3.63, 3.8) is 0 Å². The van der Waals surface area contributed by atoms with E-state index in [1.807, 2.05) is 31.2 Å². The Bertz CT molecular complexity index is 724. The molecule has 24 heavy (non-hydrogen) atoms.